The van der Waals surface area contributed by atoms with Crippen molar-refractivity contribution < 1.29 is 4.79 Å². The first-order chi connectivity index (χ1) is 6.88. The van der Waals surface area contributed by atoms with Crippen molar-refractivity contribution in [3.8, 4) is 0 Å². The predicted octanol–water partition coefficient (Wildman–Crippen LogP) is 2.14. The molecule has 1 saturated heterocycles. The van der Waals surface area contributed by atoms with Gasteiger partial charge in [0, 0.05) is 30.5 Å². The van der Waals surface area contributed by atoms with Gasteiger partial charge in [0.1, 0.15) is 0 Å². The monoisotopic (exact) mass is 213 g/mol. The lowest BCUT2D eigenvalue weighted by Gasteiger charge is -2.31. The van der Waals surface area contributed by atoms with Crippen LogP contribution in [0, 0.1) is 5.92 Å². The number of carbonyl (C=O) groups excluding carboxylic acids is 1. The van der Waals surface area contributed by atoms with Crippen molar-refractivity contribution in [2.24, 2.45) is 5.92 Å². The molecule has 0 unspecified atom stereocenters. The molecule has 1 aliphatic carbocycles. The van der Waals surface area contributed by atoms with E-state index in [0.717, 1.165) is 37.4 Å². The van der Waals surface area contributed by atoms with Gasteiger partial charge >= 0.3 is 0 Å². The van der Waals surface area contributed by atoms with Crippen molar-refractivity contribution in [3.63, 3.8) is 0 Å². The highest BCUT2D eigenvalue weighted by Crippen LogP contribution is 2.26. The maximum absolute atomic E-state index is 12.1. The van der Waals surface area contributed by atoms with Gasteiger partial charge in [-0.2, -0.15) is 11.8 Å². The zero-order valence-corrected chi connectivity index (χ0v) is 9.52. The number of hydrogen-bond acceptors (Lipinski definition) is 2. The smallest absolute Gasteiger partial charge is 0.225 e. The van der Waals surface area contributed by atoms with E-state index in [1.54, 1.807) is 0 Å². The molecular formula is C11H19NOS. The van der Waals surface area contributed by atoms with Crippen molar-refractivity contribution in [2.45, 2.75) is 32.1 Å². The van der Waals surface area contributed by atoms with E-state index in [-0.39, 0.29) is 0 Å². The molecule has 0 radical (unpaired) electrons. The minimum absolute atomic E-state index is 0.367. The summed E-state index contributed by atoms with van der Waals surface area (Å²) in [5, 5.41) is 0. The summed E-state index contributed by atoms with van der Waals surface area (Å²) >= 11 is 1.97. The zero-order valence-electron chi connectivity index (χ0n) is 8.71. The Labute approximate surface area is 90.4 Å². The van der Waals surface area contributed by atoms with Crippen molar-refractivity contribution >= 4 is 17.7 Å². The standard InChI is InChI=1S/C11H19NOS/c13-11(10-4-2-1-3-5-10)12-6-8-14-9-7-12/h10H,1-9H2. The molecule has 0 bridgehead atoms. The molecule has 14 heavy (non-hydrogen) atoms. The first kappa shape index (κ1) is 10.3. The number of thioether (sulfide) groups is 1. The van der Waals surface area contributed by atoms with Gasteiger partial charge in [0.15, 0.2) is 0 Å². The molecule has 0 atom stereocenters. The lowest BCUT2D eigenvalue weighted by molar-refractivity contribution is -0.136. The van der Waals surface area contributed by atoms with E-state index in [1.807, 2.05) is 11.8 Å². The first-order valence-corrected chi connectivity index (χ1v) is 6.90. The van der Waals surface area contributed by atoms with Gasteiger partial charge < -0.3 is 4.90 Å². The second-order valence-electron chi connectivity index (χ2n) is 4.27. The number of rotatable bonds is 1. The van der Waals surface area contributed by atoms with Crippen LogP contribution in [0.5, 0.6) is 0 Å². The van der Waals surface area contributed by atoms with Crippen LogP contribution in [-0.4, -0.2) is 35.4 Å². The zero-order chi connectivity index (χ0) is 9.80. The lowest BCUT2D eigenvalue weighted by Crippen LogP contribution is -2.42. The molecule has 3 heteroatoms. The molecular weight excluding hydrogens is 194 g/mol. The fourth-order valence-electron chi connectivity index (χ4n) is 2.39. The molecule has 2 fully saturated rings. The van der Waals surface area contributed by atoms with Gasteiger partial charge in [0.25, 0.3) is 0 Å². The Morgan fingerprint density at radius 1 is 1.07 bits per heavy atom. The molecule has 0 N–H and O–H groups in total. The maximum atomic E-state index is 12.1. The fourth-order valence-corrected chi connectivity index (χ4v) is 3.29. The van der Waals surface area contributed by atoms with Crippen molar-refractivity contribution in [1.82, 2.24) is 4.90 Å². The van der Waals surface area contributed by atoms with Crippen molar-refractivity contribution in [1.29, 1.82) is 0 Å². The normalized spacial score (nSPS) is 25.0. The van der Waals surface area contributed by atoms with Gasteiger partial charge in [0.05, 0.1) is 0 Å². The fraction of sp³-hybridized carbons (Fsp3) is 0.909. The molecule has 0 aromatic carbocycles. The molecule has 0 aromatic heterocycles. The quantitative estimate of drug-likeness (QED) is 0.665. The van der Waals surface area contributed by atoms with Crippen LogP contribution in [0.15, 0.2) is 0 Å². The van der Waals surface area contributed by atoms with E-state index >= 15 is 0 Å². The summed E-state index contributed by atoms with van der Waals surface area (Å²) in [5.74, 6) is 3.09. The van der Waals surface area contributed by atoms with Crippen LogP contribution in [0.25, 0.3) is 0 Å². The molecule has 1 saturated carbocycles. The van der Waals surface area contributed by atoms with Gasteiger partial charge in [-0.15, -0.1) is 0 Å². The topological polar surface area (TPSA) is 20.3 Å². The highest BCUT2D eigenvalue weighted by molar-refractivity contribution is 7.99. The summed E-state index contributed by atoms with van der Waals surface area (Å²) < 4.78 is 0. The van der Waals surface area contributed by atoms with Crippen LogP contribution in [0.3, 0.4) is 0 Å². The summed E-state index contributed by atoms with van der Waals surface area (Å²) in [5.41, 5.74) is 0. The largest absolute Gasteiger partial charge is 0.341 e. The molecule has 2 rings (SSSR count). The Balaban J connectivity index is 1.85. The SMILES string of the molecule is O=C(C1CCCCC1)N1CCSCC1. The molecule has 80 valence electrons. The van der Waals surface area contributed by atoms with Crippen molar-refractivity contribution in [2.75, 3.05) is 24.6 Å². The molecule has 1 heterocycles. The Bertz CT molecular complexity index is 175. The summed E-state index contributed by atoms with van der Waals surface area (Å²) in [6, 6.07) is 0. The second-order valence-corrected chi connectivity index (χ2v) is 5.50. The van der Waals surface area contributed by atoms with Crippen LogP contribution < -0.4 is 0 Å². The lowest BCUT2D eigenvalue weighted by atomic mass is 9.88. The Morgan fingerprint density at radius 2 is 1.71 bits per heavy atom. The molecule has 2 nitrogen and oxygen atoms in total. The second kappa shape index (κ2) is 5.06. The third-order valence-corrected chi connectivity index (χ3v) is 4.22. The predicted molar refractivity (Wildman–Crippen MR) is 60.5 cm³/mol. The van der Waals surface area contributed by atoms with Gasteiger partial charge in [-0.3, -0.25) is 4.79 Å². The third kappa shape index (κ3) is 2.44. The molecule has 1 amide bonds. The van der Waals surface area contributed by atoms with E-state index < -0.39 is 0 Å². The van der Waals surface area contributed by atoms with Crippen molar-refractivity contribution in [3.05, 3.63) is 0 Å². The average Bonchev–Trinajstić information content (AvgIpc) is 2.30. The minimum Gasteiger partial charge on any atom is -0.341 e. The Hall–Kier alpha value is -0.180. The van der Waals surface area contributed by atoms with Crippen LogP contribution >= 0.6 is 11.8 Å². The Kier molecular flexibility index (Phi) is 3.74. The molecule has 0 aromatic rings. The van der Waals surface area contributed by atoms with Gasteiger partial charge in [-0.25, -0.2) is 0 Å². The molecule has 2 aliphatic rings. The average molecular weight is 213 g/mol. The third-order valence-electron chi connectivity index (χ3n) is 3.28. The van der Waals surface area contributed by atoms with E-state index in [4.69, 9.17) is 0 Å². The van der Waals surface area contributed by atoms with Gasteiger partial charge in [-0.1, -0.05) is 19.3 Å². The molecule has 0 spiro atoms. The van der Waals surface area contributed by atoms with Crippen LogP contribution in [0.4, 0.5) is 0 Å². The summed E-state index contributed by atoms with van der Waals surface area (Å²) in [4.78, 5) is 14.2. The highest BCUT2D eigenvalue weighted by Gasteiger charge is 2.26. The summed E-state index contributed by atoms with van der Waals surface area (Å²) in [6.45, 7) is 1.97. The Morgan fingerprint density at radius 3 is 2.36 bits per heavy atom. The highest BCUT2D eigenvalue weighted by atomic mass is 32.2. The minimum atomic E-state index is 0.367. The summed E-state index contributed by atoms with van der Waals surface area (Å²) in [6.07, 6.45) is 6.14. The summed E-state index contributed by atoms with van der Waals surface area (Å²) in [7, 11) is 0. The number of nitrogens with zero attached hydrogens (tertiary/aromatic N) is 1. The number of hydrogen-bond donors (Lipinski definition) is 0. The van der Waals surface area contributed by atoms with E-state index in [9.17, 15) is 4.79 Å². The van der Waals surface area contributed by atoms with E-state index in [0.29, 0.717) is 11.8 Å². The maximum Gasteiger partial charge on any atom is 0.225 e. The van der Waals surface area contributed by atoms with Crippen LogP contribution in [-0.2, 0) is 4.79 Å². The van der Waals surface area contributed by atoms with E-state index in [2.05, 4.69) is 4.90 Å². The number of amides is 1. The number of carbonyl (C=O) groups is 1. The molecule has 1 aliphatic heterocycles. The van der Waals surface area contributed by atoms with Gasteiger partial charge in [-0.05, 0) is 12.8 Å². The van der Waals surface area contributed by atoms with Crippen LogP contribution in [0.1, 0.15) is 32.1 Å². The van der Waals surface area contributed by atoms with Crippen LogP contribution in [0.2, 0.25) is 0 Å². The van der Waals surface area contributed by atoms with E-state index in [1.165, 1.54) is 19.3 Å². The van der Waals surface area contributed by atoms with Gasteiger partial charge in [0.2, 0.25) is 5.91 Å². The first-order valence-electron chi connectivity index (χ1n) is 5.74.